The number of carbonyl (C=O) groups is 1. The van der Waals surface area contributed by atoms with Crippen LogP contribution in [-0.2, 0) is 0 Å². The van der Waals surface area contributed by atoms with E-state index in [1.54, 1.807) is 6.20 Å². The second-order valence-corrected chi connectivity index (χ2v) is 8.88. The summed E-state index contributed by atoms with van der Waals surface area (Å²) in [6.07, 6.45) is 10.3. The van der Waals surface area contributed by atoms with Gasteiger partial charge < -0.3 is 11.1 Å². The van der Waals surface area contributed by atoms with Crippen molar-refractivity contribution in [2.75, 3.05) is 0 Å². The molecule has 1 heterocycles. The Labute approximate surface area is 154 Å². The number of rotatable bonds is 3. The highest BCUT2D eigenvalue weighted by Crippen LogP contribution is 2.56. The average Bonchev–Trinajstić information content (AvgIpc) is 2.60. The standard InChI is InChI=1S/C22H25N3O/c23-21-9-15-8-16(10-21)12-22(11-15,14-21)25-20(26)18-5-3-17(4-6-18)19-2-1-7-24-13-19/h1-7,13,15-16H,8-12,14,23H2,(H,25,26)/t15-,16+,21?,22?. The maximum absolute atomic E-state index is 12.9. The zero-order valence-corrected chi connectivity index (χ0v) is 14.9. The summed E-state index contributed by atoms with van der Waals surface area (Å²) in [7, 11) is 0. The fraction of sp³-hybridized carbons (Fsp3) is 0.455. The highest BCUT2D eigenvalue weighted by Gasteiger charge is 2.56. The maximum Gasteiger partial charge on any atom is 0.251 e. The van der Waals surface area contributed by atoms with Crippen LogP contribution in [0.5, 0.6) is 0 Å². The molecule has 4 aliphatic carbocycles. The Bertz CT molecular complexity index is 816. The van der Waals surface area contributed by atoms with Gasteiger partial charge in [-0.1, -0.05) is 18.2 Å². The summed E-state index contributed by atoms with van der Waals surface area (Å²) in [5.41, 5.74) is 9.36. The van der Waals surface area contributed by atoms with Crippen LogP contribution in [0.25, 0.3) is 11.1 Å². The number of amides is 1. The smallest absolute Gasteiger partial charge is 0.251 e. The first kappa shape index (κ1) is 16.0. The van der Waals surface area contributed by atoms with Crippen LogP contribution in [0.2, 0.25) is 0 Å². The van der Waals surface area contributed by atoms with Crippen LogP contribution in [-0.4, -0.2) is 22.0 Å². The van der Waals surface area contributed by atoms with Crippen molar-refractivity contribution in [1.29, 1.82) is 0 Å². The fourth-order valence-corrected chi connectivity index (χ4v) is 6.14. The van der Waals surface area contributed by atoms with Crippen molar-refractivity contribution in [3.05, 3.63) is 54.4 Å². The minimum absolute atomic E-state index is 0.0355. The minimum Gasteiger partial charge on any atom is -0.347 e. The average molecular weight is 347 g/mol. The van der Waals surface area contributed by atoms with Crippen LogP contribution in [0.3, 0.4) is 0 Å². The normalized spacial score (nSPS) is 34.7. The van der Waals surface area contributed by atoms with E-state index in [1.807, 2.05) is 42.6 Å². The zero-order valence-electron chi connectivity index (χ0n) is 14.9. The lowest BCUT2D eigenvalue weighted by atomic mass is 9.50. The highest BCUT2D eigenvalue weighted by atomic mass is 16.1. The summed E-state index contributed by atoms with van der Waals surface area (Å²) in [6.45, 7) is 0. The van der Waals surface area contributed by atoms with Gasteiger partial charge in [0.1, 0.15) is 0 Å². The fourth-order valence-electron chi connectivity index (χ4n) is 6.14. The molecule has 134 valence electrons. The molecule has 4 bridgehead atoms. The number of hydrogen-bond donors (Lipinski definition) is 2. The molecule has 6 rings (SSSR count). The van der Waals surface area contributed by atoms with Crippen molar-refractivity contribution in [2.45, 2.75) is 49.6 Å². The Morgan fingerprint density at radius 1 is 1.04 bits per heavy atom. The van der Waals surface area contributed by atoms with E-state index in [0.717, 1.165) is 48.8 Å². The van der Waals surface area contributed by atoms with Crippen LogP contribution in [0.4, 0.5) is 0 Å². The molecule has 0 aliphatic heterocycles. The molecule has 2 unspecified atom stereocenters. The number of benzene rings is 1. The Hall–Kier alpha value is -2.20. The molecule has 0 spiro atoms. The van der Waals surface area contributed by atoms with E-state index < -0.39 is 0 Å². The molecule has 4 heteroatoms. The van der Waals surface area contributed by atoms with E-state index in [2.05, 4.69) is 10.3 Å². The van der Waals surface area contributed by atoms with Crippen LogP contribution in [0, 0.1) is 11.8 Å². The molecule has 3 N–H and O–H groups in total. The topological polar surface area (TPSA) is 68.0 Å². The summed E-state index contributed by atoms with van der Waals surface area (Å²) >= 11 is 0. The molecule has 1 aromatic heterocycles. The molecule has 4 fully saturated rings. The molecule has 1 amide bonds. The molecular formula is C22H25N3O. The third-order valence-electron chi connectivity index (χ3n) is 6.63. The summed E-state index contributed by atoms with van der Waals surface area (Å²) < 4.78 is 0. The Balaban J connectivity index is 1.35. The van der Waals surface area contributed by atoms with Crippen LogP contribution in [0.1, 0.15) is 48.9 Å². The van der Waals surface area contributed by atoms with Crippen molar-refractivity contribution in [3.8, 4) is 11.1 Å². The van der Waals surface area contributed by atoms with E-state index in [1.165, 1.54) is 6.42 Å². The van der Waals surface area contributed by atoms with E-state index >= 15 is 0 Å². The Kier molecular flexibility index (Phi) is 3.48. The summed E-state index contributed by atoms with van der Waals surface area (Å²) in [6, 6.07) is 11.8. The first-order valence-electron chi connectivity index (χ1n) is 9.65. The monoisotopic (exact) mass is 347 g/mol. The number of carbonyl (C=O) groups excluding carboxylic acids is 1. The molecule has 0 radical (unpaired) electrons. The maximum atomic E-state index is 12.9. The molecular weight excluding hydrogens is 322 g/mol. The van der Waals surface area contributed by atoms with Gasteiger partial charge in [0.25, 0.3) is 5.91 Å². The zero-order chi connectivity index (χ0) is 17.8. The molecule has 0 saturated heterocycles. The van der Waals surface area contributed by atoms with E-state index in [-0.39, 0.29) is 17.0 Å². The van der Waals surface area contributed by atoms with Crippen molar-refractivity contribution in [3.63, 3.8) is 0 Å². The summed E-state index contributed by atoms with van der Waals surface area (Å²) in [4.78, 5) is 17.1. The van der Waals surface area contributed by atoms with Gasteiger partial charge >= 0.3 is 0 Å². The quantitative estimate of drug-likeness (QED) is 0.892. The van der Waals surface area contributed by atoms with E-state index in [9.17, 15) is 4.79 Å². The SMILES string of the molecule is NC12C[C@H]3C[C@@H](C1)CC(NC(=O)c1ccc(-c4cccnc4)cc1)(C3)C2. The van der Waals surface area contributed by atoms with Crippen LogP contribution >= 0.6 is 0 Å². The van der Waals surface area contributed by atoms with Crippen LogP contribution in [0.15, 0.2) is 48.8 Å². The molecule has 4 aliphatic rings. The molecule has 26 heavy (non-hydrogen) atoms. The number of nitrogens with one attached hydrogen (secondary N) is 1. The lowest BCUT2D eigenvalue weighted by molar-refractivity contribution is -0.0320. The van der Waals surface area contributed by atoms with Gasteiger partial charge in [0, 0.05) is 29.0 Å². The Morgan fingerprint density at radius 3 is 2.38 bits per heavy atom. The molecule has 4 atom stereocenters. The van der Waals surface area contributed by atoms with Crippen molar-refractivity contribution in [2.24, 2.45) is 17.6 Å². The van der Waals surface area contributed by atoms with E-state index in [4.69, 9.17) is 5.73 Å². The lowest BCUT2D eigenvalue weighted by Crippen LogP contribution is -2.68. The Morgan fingerprint density at radius 2 is 1.77 bits per heavy atom. The largest absolute Gasteiger partial charge is 0.347 e. The first-order valence-corrected chi connectivity index (χ1v) is 9.65. The van der Waals surface area contributed by atoms with Crippen molar-refractivity contribution < 1.29 is 4.79 Å². The highest BCUT2D eigenvalue weighted by molar-refractivity contribution is 5.95. The number of hydrogen-bond acceptors (Lipinski definition) is 3. The van der Waals surface area contributed by atoms with Gasteiger partial charge in [-0.2, -0.15) is 0 Å². The van der Waals surface area contributed by atoms with Gasteiger partial charge in [-0.05, 0) is 79.7 Å². The van der Waals surface area contributed by atoms with E-state index in [0.29, 0.717) is 11.8 Å². The second kappa shape index (κ2) is 5.65. The third-order valence-corrected chi connectivity index (χ3v) is 6.63. The summed E-state index contributed by atoms with van der Waals surface area (Å²) in [5.74, 6) is 1.41. The molecule has 4 nitrogen and oxygen atoms in total. The van der Waals surface area contributed by atoms with Gasteiger partial charge in [0.15, 0.2) is 0 Å². The third kappa shape index (κ3) is 2.73. The minimum atomic E-state index is -0.0854. The van der Waals surface area contributed by atoms with Gasteiger partial charge in [-0.25, -0.2) is 0 Å². The van der Waals surface area contributed by atoms with Crippen LogP contribution < -0.4 is 11.1 Å². The van der Waals surface area contributed by atoms with Crippen molar-refractivity contribution in [1.82, 2.24) is 10.3 Å². The molecule has 1 aromatic carbocycles. The van der Waals surface area contributed by atoms with Crippen molar-refractivity contribution >= 4 is 5.91 Å². The molecule has 4 saturated carbocycles. The number of aromatic nitrogens is 1. The molecule has 2 aromatic rings. The van der Waals surface area contributed by atoms with Gasteiger partial charge in [-0.15, -0.1) is 0 Å². The van der Waals surface area contributed by atoms with Gasteiger partial charge in [0.05, 0.1) is 0 Å². The predicted octanol–water partition coefficient (Wildman–Crippen LogP) is 3.53. The number of pyridine rings is 1. The first-order chi connectivity index (χ1) is 12.5. The predicted molar refractivity (Wildman–Crippen MR) is 101 cm³/mol. The van der Waals surface area contributed by atoms with Gasteiger partial charge in [-0.3, -0.25) is 9.78 Å². The number of nitrogens with two attached hydrogens (primary N) is 1. The summed E-state index contributed by atoms with van der Waals surface area (Å²) in [5, 5.41) is 3.39. The lowest BCUT2D eigenvalue weighted by Gasteiger charge is -2.61. The second-order valence-electron chi connectivity index (χ2n) is 8.88. The van der Waals surface area contributed by atoms with Gasteiger partial charge in [0.2, 0.25) is 0 Å². The number of nitrogens with zero attached hydrogens (tertiary/aromatic N) is 1.